The maximum absolute atomic E-state index is 13.5. The molecule has 1 aliphatic rings. The fourth-order valence-electron chi connectivity index (χ4n) is 1.45. The maximum atomic E-state index is 13.5. The Kier molecular flexibility index (Phi) is 2.84. The first-order chi connectivity index (χ1) is 7.99. The van der Waals surface area contributed by atoms with Crippen molar-refractivity contribution in [3.63, 3.8) is 0 Å². The first-order valence-corrected chi connectivity index (χ1v) is 5.01. The van der Waals surface area contributed by atoms with Crippen molar-refractivity contribution in [2.24, 2.45) is 0 Å². The quantitative estimate of drug-likeness (QED) is 0.604. The zero-order chi connectivity index (χ0) is 12.6. The number of amides is 2. The van der Waals surface area contributed by atoms with Gasteiger partial charge >= 0.3 is 0 Å². The SMILES string of the molecule is O=C1CC(=O)N(c2cc(F)ccc2F)C(=S)N1. The number of hydrogen-bond donors (Lipinski definition) is 1. The van der Waals surface area contributed by atoms with Gasteiger partial charge in [-0.05, 0) is 24.4 Å². The van der Waals surface area contributed by atoms with E-state index in [1.165, 1.54) is 0 Å². The van der Waals surface area contributed by atoms with Gasteiger partial charge in [0.1, 0.15) is 18.1 Å². The van der Waals surface area contributed by atoms with Gasteiger partial charge in [-0.3, -0.25) is 14.5 Å². The van der Waals surface area contributed by atoms with Crippen LogP contribution >= 0.6 is 12.2 Å². The zero-order valence-corrected chi connectivity index (χ0v) is 9.18. The van der Waals surface area contributed by atoms with Crippen LogP contribution in [0, 0.1) is 11.6 Å². The summed E-state index contributed by atoms with van der Waals surface area (Å²) in [7, 11) is 0. The minimum atomic E-state index is -0.793. The van der Waals surface area contributed by atoms with E-state index in [1.54, 1.807) is 0 Å². The summed E-state index contributed by atoms with van der Waals surface area (Å²) in [6, 6.07) is 2.66. The van der Waals surface area contributed by atoms with E-state index in [2.05, 4.69) is 5.32 Å². The fourth-order valence-corrected chi connectivity index (χ4v) is 1.76. The average Bonchev–Trinajstić information content (AvgIpc) is 2.21. The highest BCUT2D eigenvalue weighted by Gasteiger charge is 2.31. The molecule has 0 atom stereocenters. The van der Waals surface area contributed by atoms with E-state index >= 15 is 0 Å². The summed E-state index contributed by atoms with van der Waals surface area (Å²) in [6.45, 7) is 0. The number of hydrogen-bond acceptors (Lipinski definition) is 3. The predicted molar refractivity (Wildman–Crippen MR) is 59.2 cm³/mol. The molecule has 0 aliphatic carbocycles. The predicted octanol–water partition coefficient (Wildman–Crippen LogP) is 1.10. The van der Waals surface area contributed by atoms with Gasteiger partial charge in [0.2, 0.25) is 11.8 Å². The van der Waals surface area contributed by atoms with Gasteiger partial charge in [0.15, 0.2) is 5.11 Å². The minimum Gasteiger partial charge on any atom is -0.302 e. The summed E-state index contributed by atoms with van der Waals surface area (Å²) in [6.07, 6.45) is -0.448. The second-order valence-electron chi connectivity index (χ2n) is 3.35. The molecule has 0 radical (unpaired) electrons. The molecule has 88 valence electrons. The van der Waals surface area contributed by atoms with Crippen LogP contribution in [0.15, 0.2) is 18.2 Å². The number of carbonyl (C=O) groups is 2. The molecule has 2 rings (SSSR count). The van der Waals surface area contributed by atoms with Crippen LogP contribution in [0.1, 0.15) is 6.42 Å². The number of thiocarbonyl (C=S) groups is 1. The molecule has 1 N–H and O–H groups in total. The Balaban J connectivity index is 2.45. The molecule has 0 aromatic heterocycles. The van der Waals surface area contributed by atoms with E-state index in [0.717, 1.165) is 23.1 Å². The van der Waals surface area contributed by atoms with Crippen LogP contribution in [-0.2, 0) is 9.59 Å². The molecule has 4 nitrogen and oxygen atoms in total. The summed E-state index contributed by atoms with van der Waals surface area (Å²) >= 11 is 4.75. The highest BCUT2D eigenvalue weighted by atomic mass is 32.1. The highest BCUT2D eigenvalue weighted by molar-refractivity contribution is 7.80. The van der Waals surface area contributed by atoms with Crippen molar-refractivity contribution in [2.45, 2.75) is 6.42 Å². The summed E-state index contributed by atoms with van der Waals surface area (Å²) in [5.41, 5.74) is -0.306. The van der Waals surface area contributed by atoms with Crippen molar-refractivity contribution in [3.05, 3.63) is 29.8 Å². The van der Waals surface area contributed by atoms with Gasteiger partial charge in [0.05, 0.1) is 5.69 Å². The highest BCUT2D eigenvalue weighted by Crippen LogP contribution is 2.23. The lowest BCUT2D eigenvalue weighted by Crippen LogP contribution is -2.53. The van der Waals surface area contributed by atoms with Crippen LogP contribution in [0.5, 0.6) is 0 Å². The molecule has 2 amide bonds. The maximum Gasteiger partial charge on any atom is 0.242 e. The second kappa shape index (κ2) is 4.17. The second-order valence-corrected chi connectivity index (χ2v) is 3.74. The van der Waals surface area contributed by atoms with Crippen LogP contribution in [-0.4, -0.2) is 16.9 Å². The number of benzene rings is 1. The molecular formula is C10H6F2N2O2S. The van der Waals surface area contributed by atoms with Gasteiger partial charge in [-0.25, -0.2) is 8.78 Å². The van der Waals surface area contributed by atoms with Crippen molar-refractivity contribution < 1.29 is 18.4 Å². The summed E-state index contributed by atoms with van der Waals surface area (Å²) < 4.78 is 26.5. The molecule has 0 spiro atoms. The molecule has 1 aliphatic heterocycles. The number of carbonyl (C=O) groups excluding carboxylic acids is 2. The molecule has 1 saturated heterocycles. The van der Waals surface area contributed by atoms with E-state index in [4.69, 9.17) is 12.2 Å². The Morgan fingerprint density at radius 2 is 2.00 bits per heavy atom. The van der Waals surface area contributed by atoms with Gasteiger partial charge in [-0.15, -0.1) is 0 Å². The minimum absolute atomic E-state index is 0.254. The Labute approximate surface area is 100 Å². The number of nitrogens with one attached hydrogen (secondary N) is 1. The van der Waals surface area contributed by atoms with Crippen LogP contribution in [0.2, 0.25) is 0 Å². The Morgan fingerprint density at radius 3 is 2.65 bits per heavy atom. The van der Waals surface area contributed by atoms with Crippen molar-refractivity contribution in [1.82, 2.24) is 5.32 Å². The van der Waals surface area contributed by atoms with Crippen LogP contribution < -0.4 is 10.2 Å². The third-order valence-electron chi connectivity index (χ3n) is 2.16. The van der Waals surface area contributed by atoms with E-state index in [9.17, 15) is 18.4 Å². The smallest absolute Gasteiger partial charge is 0.242 e. The number of nitrogens with zero attached hydrogens (tertiary/aromatic N) is 1. The average molecular weight is 256 g/mol. The van der Waals surface area contributed by atoms with Gasteiger partial charge in [0, 0.05) is 6.07 Å². The lowest BCUT2D eigenvalue weighted by atomic mass is 10.2. The molecule has 1 heterocycles. The van der Waals surface area contributed by atoms with Crippen molar-refractivity contribution in [1.29, 1.82) is 0 Å². The Bertz CT molecular complexity index is 513. The molecule has 17 heavy (non-hydrogen) atoms. The molecule has 0 saturated carbocycles. The van der Waals surface area contributed by atoms with Gasteiger partial charge < -0.3 is 5.32 Å². The van der Waals surface area contributed by atoms with Crippen LogP contribution in [0.3, 0.4) is 0 Å². The van der Waals surface area contributed by atoms with Gasteiger partial charge in [-0.2, -0.15) is 0 Å². The molecular weight excluding hydrogens is 250 g/mol. The topological polar surface area (TPSA) is 49.4 Å². The normalized spacial score (nSPS) is 16.1. The van der Waals surface area contributed by atoms with Gasteiger partial charge in [0.25, 0.3) is 0 Å². The van der Waals surface area contributed by atoms with Crippen LogP contribution in [0.25, 0.3) is 0 Å². The first kappa shape index (κ1) is 11.6. The summed E-state index contributed by atoms with van der Waals surface area (Å²) in [5, 5.41) is 1.96. The third kappa shape index (κ3) is 2.14. The Morgan fingerprint density at radius 1 is 1.29 bits per heavy atom. The first-order valence-electron chi connectivity index (χ1n) is 4.61. The standard InChI is InChI=1S/C10H6F2N2O2S/c11-5-1-2-6(12)7(3-5)14-9(16)4-8(15)13-10(14)17/h1-3H,4H2,(H,13,15,17). The molecule has 1 fully saturated rings. The Hall–Kier alpha value is -1.89. The molecule has 0 bridgehead atoms. The van der Waals surface area contributed by atoms with E-state index in [1.807, 2.05) is 0 Å². The van der Waals surface area contributed by atoms with Crippen molar-refractivity contribution >= 4 is 34.8 Å². The zero-order valence-electron chi connectivity index (χ0n) is 8.37. The molecule has 0 unspecified atom stereocenters. The van der Waals surface area contributed by atoms with Crippen molar-refractivity contribution in [2.75, 3.05) is 4.90 Å². The third-order valence-corrected chi connectivity index (χ3v) is 2.44. The lowest BCUT2D eigenvalue weighted by Gasteiger charge is -2.27. The fraction of sp³-hybridized carbons (Fsp3) is 0.100. The molecule has 1 aromatic rings. The van der Waals surface area contributed by atoms with Gasteiger partial charge in [-0.1, -0.05) is 0 Å². The summed E-state index contributed by atoms with van der Waals surface area (Å²) in [4.78, 5) is 23.3. The lowest BCUT2D eigenvalue weighted by molar-refractivity contribution is -0.127. The van der Waals surface area contributed by atoms with E-state index in [0.29, 0.717) is 0 Å². The number of anilines is 1. The van der Waals surface area contributed by atoms with Crippen molar-refractivity contribution in [3.8, 4) is 0 Å². The monoisotopic (exact) mass is 256 g/mol. The number of rotatable bonds is 1. The van der Waals surface area contributed by atoms with E-state index < -0.39 is 29.9 Å². The van der Waals surface area contributed by atoms with Crippen LogP contribution in [0.4, 0.5) is 14.5 Å². The van der Waals surface area contributed by atoms with E-state index in [-0.39, 0.29) is 10.8 Å². The number of halogens is 2. The largest absolute Gasteiger partial charge is 0.302 e. The molecule has 1 aromatic carbocycles. The summed E-state index contributed by atoms with van der Waals surface area (Å²) in [5.74, 6) is -2.75. The molecule has 7 heteroatoms.